The van der Waals surface area contributed by atoms with Crippen LogP contribution in [0, 0.1) is 5.92 Å². The maximum atomic E-state index is 12.3. The standard InChI is InChI=1S/C14H20N2O5S/c1-9(2)12(14(18)16-22(4,19)20)15-13(17)10-7-5-6-8-11(10)21-3/h5-9,12H,1-4H3,(H,15,17)(H,16,18). The van der Waals surface area contributed by atoms with E-state index < -0.39 is 27.9 Å². The maximum Gasteiger partial charge on any atom is 0.256 e. The van der Waals surface area contributed by atoms with Crippen LogP contribution in [-0.2, 0) is 14.8 Å². The van der Waals surface area contributed by atoms with Crippen LogP contribution in [0.3, 0.4) is 0 Å². The van der Waals surface area contributed by atoms with Gasteiger partial charge in [-0.25, -0.2) is 8.42 Å². The Morgan fingerprint density at radius 1 is 1.18 bits per heavy atom. The SMILES string of the molecule is COc1ccccc1C(=O)NC(C(=O)NS(C)(=O)=O)C(C)C. The molecule has 1 atom stereocenters. The van der Waals surface area contributed by atoms with Crippen LogP contribution in [0.1, 0.15) is 24.2 Å². The average Bonchev–Trinajstić information content (AvgIpc) is 2.42. The summed E-state index contributed by atoms with van der Waals surface area (Å²) in [6.45, 7) is 3.41. The average molecular weight is 328 g/mol. The molecule has 7 nitrogen and oxygen atoms in total. The number of benzene rings is 1. The molecule has 1 aromatic rings. The van der Waals surface area contributed by atoms with Gasteiger partial charge >= 0.3 is 0 Å². The predicted octanol–water partition coefficient (Wildman–Crippen LogP) is 0.525. The minimum atomic E-state index is -3.69. The molecule has 8 heteroatoms. The number of hydrogen-bond donors (Lipinski definition) is 2. The molecule has 22 heavy (non-hydrogen) atoms. The zero-order valence-electron chi connectivity index (χ0n) is 12.9. The summed E-state index contributed by atoms with van der Waals surface area (Å²) >= 11 is 0. The first-order valence-electron chi connectivity index (χ1n) is 6.61. The number of carbonyl (C=O) groups excluding carboxylic acids is 2. The molecule has 0 saturated heterocycles. The Balaban J connectivity index is 2.96. The lowest BCUT2D eigenvalue weighted by Gasteiger charge is -2.21. The summed E-state index contributed by atoms with van der Waals surface area (Å²) in [4.78, 5) is 24.3. The molecule has 2 N–H and O–H groups in total. The zero-order valence-corrected chi connectivity index (χ0v) is 13.7. The third-order valence-corrected chi connectivity index (χ3v) is 3.45. The highest BCUT2D eigenvalue weighted by atomic mass is 32.2. The van der Waals surface area contributed by atoms with Crippen molar-refractivity contribution < 1.29 is 22.7 Å². The van der Waals surface area contributed by atoms with Crippen molar-refractivity contribution in [3.05, 3.63) is 29.8 Å². The van der Waals surface area contributed by atoms with E-state index in [1.807, 2.05) is 4.72 Å². The van der Waals surface area contributed by atoms with Gasteiger partial charge in [0.2, 0.25) is 10.0 Å². The van der Waals surface area contributed by atoms with Crippen molar-refractivity contribution in [2.75, 3.05) is 13.4 Å². The van der Waals surface area contributed by atoms with Gasteiger partial charge in [-0.05, 0) is 18.1 Å². The first-order valence-corrected chi connectivity index (χ1v) is 8.50. The maximum absolute atomic E-state index is 12.3. The molecule has 0 spiro atoms. The fourth-order valence-electron chi connectivity index (χ4n) is 1.83. The van der Waals surface area contributed by atoms with Gasteiger partial charge in [0.1, 0.15) is 11.8 Å². The molecule has 0 bridgehead atoms. The van der Waals surface area contributed by atoms with E-state index in [0.29, 0.717) is 5.75 Å². The fraction of sp³-hybridized carbons (Fsp3) is 0.429. The Hall–Kier alpha value is -2.09. The summed E-state index contributed by atoms with van der Waals surface area (Å²) in [6.07, 6.45) is 0.879. The quantitative estimate of drug-likeness (QED) is 0.793. The molecule has 0 fully saturated rings. The Morgan fingerprint density at radius 3 is 2.27 bits per heavy atom. The second kappa shape index (κ2) is 7.26. The number of sulfonamides is 1. The van der Waals surface area contributed by atoms with Crippen molar-refractivity contribution in [1.29, 1.82) is 0 Å². The number of ether oxygens (including phenoxy) is 1. The highest BCUT2D eigenvalue weighted by Gasteiger charge is 2.27. The first-order chi connectivity index (χ1) is 10.2. The highest BCUT2D eigenvalue weighted by Crippen LogP contribution is 2.17. The van der Waals surface area contributed by atoms with Crippen molar-refractivity contribution >= 4 is 21.8 Å². The summed E-state index contributed by atoms with van der Waals surface area (Å²) < 4.78 is 29.3. The molecule has 0 aliphatic heterocycles. The summed E-state index contributed by atoms with van der Waals surface area (Å²) in [6, 6.07) is 5.58. The summed E-state index contributed by atoms with van der Waals surface area (Å²) in [7, 11) is -2.26. The van der Waals surface area contributed by atoms with E-state index in [1.165, 1.54) is 7.11 Å². The normalized spacial score (nSPS) is 12.6. The van der Waals surface area contributed by atoms with E-state index in [1.54, 1.807) is 38.1 Å². The Bertz CT molecular complexity index is 655. The van der Waals surface area contributed by atoms with Crippen LogP contribution in [0.2, 0.25) is 0 Å². The number of para-hydroxylation sites is 1. The topological polar surface area (TPSA) is 102 Å². The summed E-state index contributed by atoms with van der Waals surface area (Å²) in [5.74, 6) is -1.22. The Kier molecular flexibility index (Phi) is 5.92. The van der Waals surface area contributed by atoms with Crippen LogP contribution in [0.15, 0.2) is 24.3 Å². The monoisotopic (exact) mass is 328 g/mol. The zero-order chi connectivity index (χ0) is 16.9. The van der Waals surface area contributed by atoms with Gasteiger partial charge in [-0.3, -0.25) is 14.3 Å². The number of amides is 2. The lowest BCUT2D eigenvalue weighted by Crippen LogP contribution is -2.50. The largest absolute Gasteiger partial charge is 0.496 e. The predicted molar refractivity (Wildman–Crippen MR) is 82.1 cm³/mol. The van der Waals surface area contributed by atoms with Crippen molar-refractivity contribution in [2.45, 2.75) is 19.9 Å². The summed E-state index contributed by atoms with van der Waals surface area (Å²) in [5.41, 5.74) is 0.266. The number of nitrogens with one attached hydrogen (secondary N) is 2. The second-order valence-electron chi connectivity index (χ2n) is 5.13. The van der Waals surface area contributed by atoms with Gasteiger partial charge < -0.3 is 10.1 Å². The van der Waals surface area contributed by atoms with Gasteiger partial charge in [-0.1, -0.05) is 26.0 Å². The molecule has 0 saturated carbocycles. The van der Waals surface area contributed by atoms with E-state index in [2.05, 4.69) is 5.32 Å². The second-order valence-corrected chi connectivity index (χ2v) is 6.88. The minimum Gasteiger partial charge on any atom is -0.496 e. The molecule has 1 rings (SSSR count). The fourth-order valence-corrected chi connectivity index (χ4v) is 2.32. The van der Waals surface area contributed by atoms with Gasteiger partial charge in [0.05, 0.1) is 18.9 Å². The van der Waals surface area contributed by atoms with E-state index in [9.17, 15) is 18.0 Å². The van der Waals surface area contributed by atoms with Gasteiger partial charge in [0, 0.05) is 0 Å². The summed E-state index contributed by atoms with van der Waals surface area (Å²) in [5, 5.41) is 2.53. The van der Waals surface area contributed by atoms with Crippen LogP contribution in [0.25, 0.3) is 0 Å². The first kappa shape index (κ1) is 18.0. The van der Waals surface area contributed by atoms with Crippen LogP contribution in [0.5, 0.6) is 5.75 Å². The van der Waals surface area contributed by atoms with Gasteiger partial charge in [0.15, 0.2) is 0 Å². The smallest absolute Gasteiger partial charge is 0.256 e. The van der Waals surface area contributed by atoms with Gasteiger partial charge in [-0.15, -0.1) is 0 Å². The Morgan fingerprint density at radius 2 is 1.77 bits per heavy atom. The van der Waals surface area contributed by atoms with Crippen LogP contribution >= 0.6 is 0 Å². The van der Waals surface area contributed by atoms with Crippen LogP contribution in [-0.4, -0.2) is 39.6 Å². The van der Waals surface area contributed by atoms with Crippen molar-refractivity contribution in [2.24, 2.45) is 5.92 Å². The van der Waals surface area contributed by atoms with Crippen LogP contribution < -0.4 is 14.8 Å². The molecule has 0 heterocycles. The van der Waals surface area contributed by atoms with E-state index >= 15 is 0 Å². The van der Waals surface area contributed by atoms with Crippen LogP contribution in [0.4, 0.5) is 0 Å². The van der Waals surface area contributed by atoms with Crippen molar-refractivity contribution in [1.82, 2.24) is 10.0 Å². The molecule has 0 radical (unpaired) electrons. The van der Waals surface area contributed by atoms with E-state index in [-0.39, 0.29) is 11.5 Å². The van der Waals surface area contributed by atoms with Gasteiger partial charge in [-0.2, -0.15) is 0 Å². The molecule has 0 aromatic heterocycles. The molecule has 1 unspecified atom stereocenters. The lowest BCUT2D eigenvalue weighted by atomic mass is 10.0. The number of hydrogen-bond acceptors (Lipinski definition) is 5. The number of carbonyl (C=O) groups is 2. The minimum absolute atomic E-state index is 0.266. The van der Waals surface area contributed by atoms with E-state index in [4.69, 9.17) is 4.74 Å². The number of methoxy groups -OCH3 is 1. The van der Waals surface area contributed by atoms with Crippen molar-refractivity contribution in [3.8, 4) is 5.75 Å². The number of rotatable bonds is 6. The molecule has 0 aliphatic rings. The molecule has 2 amide bonds. The van der Waals surface area contributed by atoms with Crippen molar-refractivity contribution in [3.63, 3.8) is 0 Å². The third kappa shape index (κ3) is 5.03. The van der Waals surface area contributed by atoms with Gasteiger partial charge in [0.25, 0.3) is 11.8 Å². The highest BCUT2D eigenvalue weighted by molar-refractivity contribution is 7.89. The Labute approximate surface area is 130 Å². The molecule has 1 aromatic carbocycles. The lowest BCUT2D eigenvalue weighted by molar-refractivity contribution is -0.122. The van der Waals surface area contributed by atoms with E-state index in [0.717, 1.165) is 6.26 Å². The molecular weight excluding hydrogens is 308 g/mol. The molecular formula is C14H20N2O5S. The molecule has 122 valence electrons. The third-order valence-electron chi connectivity index (χ3n) is 2.87. The molecule has 0 aliphatic carbocycles.